The fourth-order valence-corrected chi connectivity index (χ4v) is 40.0. The van der Waals surface area contributed by atoms with Crippen LogP contribution in [0.1, 0.15) is 131 Å². The summed E-state index contributed by atoms with van der Waals surface area (Å²) in [5.74, 6) is 0. The molecule has 8 heteroatoms. The molecule has 1 aromatic heterocycles. The molecule has 0 aliphatic rings. The van der Waals surface area contributed by atoms with Crippen molar-refractivity contribution in [3.05, 3.63) is 44.1 Å². The summed E-state index contributed by atoms with van der Waals surface area (Å²) in [6.45, 7) is 18.6. The Balaban J connectivity index is 3.33. The van der Waals surface area contributed by atoms with Crippen LogP contribution in [0, 0.1) is 0 Å². The average Bonchev–Trinajstić information content (AvgIpc) is 3.03. The molecule has 0 spiro atoms. The molecule has 256 valence electrons. The van der Waals surface area contributed by atoms with Gasteiger partial charge in [0.2, 0.25) is 0 Å². The van der Waals surface area contributed by atoms with E-state index in [9.17, 15) is 14.4 Å². The van der Waals surface area contributed by atoms with E-state index in [1.54, 1.807) is 6.08 Å². The zero-order chi connectivity index (χ0) is 32.8. The zero-order valence-electron chi connectivity index (χ0n) is 30.0. The number of allylic oxidation sites excluding steroid dienone is 1. The van der Waals surface area contributed by atoms with Crippen molar-refractivity contribution in [3.63, 3.8) is 0 Å². The van der Waals surface area contributed by atoms with Crippen LogP contribution in [-0.2, 0) is 19.6 Å². The van der Waals surface area contributed by atoms with E-state index >= 15 is 0 Å². The Hall–Kier alpha value is -0.253. The molecule has 1 heterocycles. The van der Waals surface area contributed by atoms with Crippen LogP contribution in [0.5, 0.6) is 0 Å². The molecule has 1 rings (SSSR count). The minimum atomic E-state index is -2.38. The van der Waals surface area contributed by atoms with Gasteiger partial charge in [0.15, 0.2) is 0 Å². The molecule has 0 amide bonds. The number of nitrogens with zero attached hydrogens (tertiary/aromatic N) is 3. The molecule has 0 fully saturated rings. The summed E-state index contributed by atoms with van der Waals surface area (Å²) in [6.07, 6.45) is 18.8. The molecular formula is C36H71N3O3Sn2. The zero-order valence-corrected chi connectivity index (χ0v) is 35.7. The molecular weight excluding hydrogens is 760 g/mol. The van der Waals surface area contributed by atoms with Gasteiger partial charge in [-0.25, -0.2) is 0 Å². The Morgan fingerprint density at radius 1 is 0.455 bits per heavy atom. The Morgan fingerprint density at radius 3 is 0.955 bits per heavy atom. The van der Waals surface area contributed by atoms with Crippen molar-refractivity contribution in [1.29, 1.82) is 0 Å². The molecule has 0 unspecified atom stereocenters. The van der Waals surface area contributed by atoms with Gasteiger partial charge in [0.1, 0.15) is 0 Å². The predicted molar refractivity (Wildman–Crippen MR) is 198 cm³/mol. The third kappa shape index (κ3) is 13.8. The Morgan fingerprint density at radius 2 is 0.705 bits per heavy atom. The van der Waals surface area contributed by atoms with Gasteiger partial charge in [-0.2, -0.15) is 0 Å². The predicted octanol–water partition coefficient (Wildman–Crippen LogP) is 9.84. The molecule has 1 aromatic rings. The number of unbranched alkanes of at least 4 members (excludes halogenated alkanes) is 6. The van der Waals surface area contributed by atoms with E-state index in [-0.39, 0.29) is 12.2 Å². The van der Waals surface area contributed by atoms with Crippen molar-refractivity contribution >= 4 is 36.8 Å². The molecule has 0 radical (unpaired) electrons. The van der Waals surface area contributed by atoms with Gasteiger partial charge in [0.25, 0.3) is 0 Å². The van der Waals surface area contributed by atoms with E-state index in [4.69, 9.17) is 0 Å². The fourth-order valence-electron chi connectivity index (χ4n) is 7.39. The van der Waals surface area contributed by atoms with Crippen LogP contribution in [0.3, 0.4) is 0 Å². The van der Waals surface area contributed by atoms with Crippen molar-refractivity contribution in [2.45, 2.75) is 187 Å². The van der Waals surface area contributed by atoms with Crippen LogP contribution < -0.4 is 17.1 Å². The molecule has 0 saturated heterocycles. The number of hydrogen-bond donors (Lipinski definition) is 0. The normalized spacial score (nSPS) is 12.2. The van der Waals surface area contributed by atoms with Crippen LogP contribution in [-0.4, -0.2) is 50.5 Å². The van der Waals surface area contributed by atoms with Crippen molar-refractivity contribution in [1.82, 2.24) is 13.7 Å². The summed E-state index contributed by atoms with van der Waals surface area (Å²) in [6, 6.07) is 0. The molecule has 0 aliphatic heterocycles. The van der Waals surface area contributed by atoms with Crippen molar-refractivity contribution in [3.8, 4) is 0 Å². The third-order valence-electron chi connectivity index (χ3n) is 10.2. The fraction of sp³-hybridized carbons (Fsp3) is 0.861. The Bertz CT molecular complexity index is 972. The van der Waals surface area contributed by atoms with Crippen LogP contribution in [0.2, 0.25) is 35.5 Å². The first-order valence-electron chi connectivity index (χ1n) is 18.8. The summed E-state index contributed by atoms with van der Waals surface area (Å²) < 4.78 is 15.1. The van der Waals surface area contributed by atoms with Crippen LogP contribution in [0.15, 0.2) is 27.0 Å². The third-order valence-corrected chi connectivity index (χ3v) is 42.5. The van der Waals surface area contributed by atoms with Gasteiger partial charge in [0, 0.05) is 0 Å². The SMILES string of the molecule is C=CCn1c(=O)n(CC[CH2][Sn]([CH2]CCC)([CH2]CCC)[CH2]CCC)c(=O)n(CC[CH2][Sn]([CH2]CCC)([CH2]CCC)[CH2]CCC)c1=O. The second kappa shape index (κ2) is 24.0. The second-order valence-electron chi connectivity index (χ2n) is 13.9. The Kier molecular flexibility index (Phi) is 22.8. The maximum absolute atomic E-state index is 13.8. The molecule has 0 saturated carbocycles. The van der Waals surface area contributed by atoms with Gasteiger partial charge >= 0.3 is 281 Å². The van der Waals surface area contributed by atoms with E-state index in [2.05, 4.69) is 48.1 Å². The number of aromatic nitrogens is 3. The van der Waals surface area contributed by atoms with Crippen molar-refractivity contribution in [2.24, 2.45) is 0 Å². The summed E-state index contributed by atoms with van der Waals surface area (Å²) in [7, 11) is 0. The van der Waals surface area contributed by atoms with E-state index in [0.29, 0.717) is 13.1 Å². The van der Waals surface area contributed by atoms with Crippen molar-refractivity contribution in [2.75, 3.05) is 0 Å². The maximum atomic E-state index is 13.8. The second-order valence-corrected chi connectivity index (χ2v) is 42.4. The topological polar surface area (TPSA) is 66.0 Å². The van der Waals surface area contributed by atoms with E-state index in [0.717, 1.165) is 12.8 Å². The van der Waals surface area contributed by atoms with Gasteiger partial charge < -0.3 is 0 Å². The molecule has 0 aromatic carbocycles. The molecule has 0 aliphatic carbocycles. The number of hydrogen-bond acceptors (Lipinski definition) is 3. The van der Waals surface area contributed by atoms with Gasteiger partial charge in [-0.1, -0.05) is 0 Å². The Labute approximate surface area is 279 Å². The van der Waals surface area contributed by atoms with Gasteiger partial charge in [-0.05, 0) is 0 Å². The van der Waals surface area contributed by atoms with Gasteiger partial charge in [0.05, 0.1) is 0 Å². The molecule has 6 nitrogen and oxygen atoms in total. The molecule has 44 heavy (non-hydrogen) atoms. The first-order chi connectivity index (χ1) is 21.2. The molecule has 0 atom stereocenters. The summed E-state index contributed by atoms with van der Waals surface area (Å²) in [5, 5.41) is 0. The van der Waals surface area contributed by atoms with E-state index in [1.807, 2.05) is 0 Å². The minimum absolute atomic E-state index is 0.150. The number of rotatable bonds is 28. The quantitative estimate of drug-likeness (QED) is 0.0625. The van der Waals surface area contributed by atoms with Crippen LogP contribution >= 0.6 is 0 Å². The standard InChI is InChI=1S/C12H17N3O3.6C4H9.2Sn/c1-4-7-13-10(16)14(8-5-2)12(18)15(9-6-3)11(13)17;6*1-3-4-2;;/h4H,1-3,5-9H2;6*1,3-4H2,2H3;;. The van der Waals surface area contributed by atoms with E-state index < -0.39 is 48.1 Å². The first kappa shape index (κ1) is 41.8. The average molecular weight is 831 g/mol. The summed E-state index contributed by atoms with van der Waals surface area (Å²) in [4.78, 5) is 40.8. The summed E-state index contributed by atoms with van der Waals surface area (Å²) in [5.41, 5.74) is -1.28. The van der Waals surface area contributed by atoms with Gasteiger partial charge in [-0.15, -0.1) is 0 Å². The van der Waals surface area contributed by atoms with Gasteiger partial charge in [-0.3, -0.25) is 0 Å². The monoisotopic (exact) mass is 833 g/mol. The van der Waals surface area contributed by atoms with Crippen LogP contribution in [0.4, 0.5) is 0 Å². The van der Waals surface area contributed by atoms with Crippen molar-refractivity contribution < 1.29 is 0 Å². The molecule has 0 bridgehead atoms. The van der Waals surface area contributed by atoms with Crippen LogP contribution in [0.25, 0.3) is 0 Å². The molecule has 0 N–H and O–H groups in total. The summed E-state index contributed by atoms with van der Waals surface area (Å²) >= 11 is -4.76. The van der Waals surface area contributed by atoms with E-state index in [1.165, 1.54) is 126 Å². The first-order valence-corrected chi connectivity index (χ1v) is 34.9.